The Morgan fingerprint density at radius 3 is 2.50 bits per heavy atom. The molecule has 5 rings (SSSR count). The van der Waals surface area contributed by atoms with Gasteiger partial charge in [0.25, 0.3) is 0 Å². The van der Waals surface area contributed by atoms with Crippen LogP contribution in [0, 0.1) is 0 Å². The second kappa shape index (κ2) is 8.37. The van der Waals surface area contributed by atoms with Crippen molar-refractivity contribution in [2.45, 2.75) is 30.9 Å². The maximum atomic E-state index is 13.8. The second-order valence-corrected chi connectivity index (χ2v) is 9.98. The minimum Gasteiger partial charge on any atom is -0.487 e. The van der Waals surface area contributed by atoms with E-state index in [-0.39, 0.29) is 30.9 Å². The van der Waals surface area contributed by atoms with Gasteiger partial charge in [0.1, 0.15) is 17.9 Å². The first-order chi connectivity index (χ1) is 15.5. The molecule has 0 radical (unpaired) electrons. The molecule has 1 aromatic heterocycles. The predicted octanol–water partition coefficient (Wildman–Crippen LogP) is 2.98. The van der Waals surface area contributed by atoms with E-state index in [2.05, 4.69) is 4.98 Å². The first-order valence-corrected chi connectivity index (χ1v) is 12.1. The molecular formula is C24H23N3O4S. The van der Waals surface area contributed by atoms with Crippen LogP contribution in [-0.4, -0.2) is 42.3 Å². The number of amides is 1. The summed E-state index contributed by atoms with van der Waals surface area (Å²) < 4.78 is 34.2. The van der Waals surface area contributed by atoms with Gasteiger partial charge < -0.3 is 9.64 Å². The second-order valence-electron chi connectivity index (χ2n) is 8.06. The summed E-state index contributed by atoms with van der Waals surface area (Å²) in [5, 5.41) is 0. The van der Waals surface area contributed by atoms with Crippen molar-refractivity contribution in [3.8, 4) is 5.75 Å². The maximum absolute atomic E-state index is 13.8. The molecule has 8 heteroatoms. The number of pyridine rings is 1. The molecule has 2 unspecified atom stereocenters. The van der Waals surface area contributed by atoms with Crippen LogP contribution in [0.15, 0.2) is 79.1 Å². The summed E-state index contributed by atoms with van der Waals surface area (Å²) in [5.74, 6) is 0.180. The van der Waals surface area contributed by atoms with E-state index >= 15 is 0 Å². The zero-order valence-corrected chi connectivity index (χ0v) is 18.2. The van der Waals surface area contributed by atoms with Gasteiger partial charge in [0, 0.05) is 18.8 Å². The third-order valence-electron chi connectivity index (χ3n) is 5.83. The molecule has 1 saturated heterocycles. The van der Waals surface area contributed by atoms with Gasteiger partial charge in [-0.2, -0.15) is 4.31 Å². The average Bonchev–Trinajstić information content (AvgIpc) is 3.24. The molecular weight excluding hydrogens is 426 g/mol. The number of hydrogen-bond donors (Lipinski definition) is 0. The molecule has 3 heterocycles. The van der Waals surface area contributed by atoms with Crippen molar-refractivity contribution >= 4 is 21.6 Å². The zero-order valence-electron chi connectivity index (χ0n) is 17.4. The highest BCUT2D eigenvalue weighted by Crippen LogP contribution is 2.38. The molecule has 0 N–H and O–H groups in total. The lowest BCUT2D eigenvalue weighted by Gasteiger charge is -2.31. The van der Waals surface area contributed by atoms with Crippen LogP contribution in [0.4, 0.5) is 5.69 Å². The molecule has 0 spiro atoms. The Hall–Kier alpha value is -3.23. The number of carbonyl (C=O) groups excluding carboxylic acids is 1. The van der Waals surface area contributed by atoms with Crippen LogP contribution >= 0.6 is 0 Å². The number of benzene rings is 2. The number of nitrogens with zero attached hydrogens (tertiary/aromatic N) is 3. The van der Waals surface area contributed by atoms with Gasteiger partial charge in [-0.1, -0.05) is 48.5 Å². The molecule has 2 aliphatic heterocycles. The molecule has 1 fully saturated rings. The summed E-state index contributed by atoms with van der Waals surface area (Å²) in [4.78, 5) is 19.5. The summed E-state index contributed by atoms with van der Waals surface area (Å²) in [5.41, 5.74) is 2.18. The van der Waals surface area contributed by atoms with Gasteiger partial charge in [0.2, 0.25) is 15.9 Å². The predicted molar refractivity (Wildman–Crippen MR) is 120 cm³/mol. The Morgan fingerprint density at radius 2 is 1.72 bits per heavy atom. The van der Waals surface area contributed by atoms with Crippen molar-refractivity contribution in [3.63, 3.8) is 0 Å². The highest BCUT2D eigenvalue weighted by atomic mass is 32.2. The fourth-order valence-corrected chi connectivity index (χ4v) is 6.09. The van der Waals surface area contributed by atoms with E-state index in [1.165, 1.54) is 4.31 Å². The van der Waals surface area contributed by atoms with Gasteiger partial charge in [0.15, 0.2) is 0 Å². The monoisotopic (exact) mass is 449 g/mol. The van der Waals surface area contributed by atoms with Gasteiger partial charge in [-0.3, -0.25) is 9.78 Å². The van der Waals surface area contributed by atoms with E-state index in [0.717, 1.165) is 5.56 Å². The third kappa shape index (κ3) is 3.99. The topological polar surface area (TPSA) is 79.8 Å². The largest absolute Gasteiger partial charge is 0.487 e. The lowest BCUT2D eigenvalue weighted by Crippen LogP contribution is -2.48. The number of aromatic nitrogens is 1. The lowest BCUT2D eigenvalue weighted by molar-refractivity contribution is -0.122. The Morgan fingerprint density at radius 1 is 0.969 bits per heavy atom. The van der Waals surface area contributed by atoms with Gasteiger partial charge >= 0.3 is 0 Å². The Labute approximate surface area is 187 Å². The van der Waals surface area contributed by atoms with Crippen LogP contribution in [0.3, 0.4) is 0 Å². The van der Waals surface area contributed by atoms with Crippen LogP contribution in [-0.2, 0) is 27.1 Å². The summed E-state index contributed by atoms with van der Waals surface area (Å²) in [6.07, 6.45) is 3.33. The Bertz CT molecular complexity index is 1220. The van der Waals surface area contributed by atoms with E-state index in [4.69, 9.17) is 4.74 Å². The van der Waals surface area contributed by atoms with Crippen LogP contribution in [0.1, 0.15) is 17.5 Å². The molecule has 1 amide bonds. The fraction of sp³-hybridized carbons (Fsp3) is 0.250. The van der Waals surface area contributed by atoms with Crippen molar-refractivity contribution in [1.82, 2.24) is 9.29 Å². The van der Waals surface area contributed by atoms with E-state index in [9.17, 15) is 13.2 Å². The minimum absolute atomic E-state index is 0.153. The summed E-state index contributed by atoms with van der Waals surface area (Å²) in [7, 11) is -3.72. The van der Waals surface area contributed by atoms with Crippen molar-refractivity contribution in [1.29, 1.82) is 0 Å². The molecule has 164 valence electrons. The highest BCUT2D eigenvalue weighted by molar-refractivity contribution is 7.88. The number of ether oxygens (including phenoxy) is 1. The number of para-hydroxylation sites is 2. The van der Waals surface area contributed by atoms with Crippen molar-refractivity contribution in [2.24, 2.45) is 0 Å². The lowest BCUT2D eigenvalue weighted by atomic mass is 10.1. The summed E-state index contributed by atoms with van der Waals surface area (Å²) in [6, 6.07) is 19.3. The Kier molecular flexibility index (Phi) is 5.40. The van der Waals surface area contributed by atoms with Crippen LogP contribution in [0.2, 0.25) is 0 Å². The molecule has 2 aliphatic rings. The maximum Gasteiger partial charge on any atom is 0.246 e. The smallest absolute Gasteiger partial charge is 0.246 e. The molecule has 3 aromatic rings. The number of anilines is 1. The molecule has 0 saturated carbocycles. The van der Waals surface area contributed by atoms with Gasteiger partial charge in [0.05, 0.1) is 24.5 Å². The Balaban J connectivity index is 1.51. The van der Waals surface area contributed by atoms with Crippen molar-refractivity contribution in [3.05, 3.63) is 90.3 Å². The average molecular weight is 450 g/mol. The highest BCUT2D eigenvalue weighted by Gasteiger charge is 2.47. The zero-order chi connectivity index (χ0) is 22.1. The quantitative estimate of drug-likeness (QED) is 0.598. The van der Waals surface area contributed by atoms with E-state index in [0.29, 0.717) is 23.4 Å². The molecule has 2 atom stereocenters. The first-order valence-electron chi connectivity index (χ1n) is 10.5. The molecule has 2 aromatic carbocycles. The fourth-order valence-electron chi connectivity index (χ4n) is 4.35. The van der Waals surface area contributed by atoms with Gasteiger partial charge in [-0.15, -0.1) is 0 Å². The number of sulfonamides is 1. The van der Waals surface area contributed by atoms with Crippen LogP contribution in [0.5, 0.6) is 5.75 Å². The minimum atomic E-state index is -3.72. The molecule has 2 bridgehead atoms. The molecule has 7 nitrogen and oxygen atoms in total. The molecule has 0 aliphatic carbocycles. The SMILES string of the molecule is O=C1C2CC(CN2S(=O)(=O)Cc2ccccc2)Oc2ccccc2N1Cc1cccnc1. The number of rotatable bonds is 5. The summed E-state index contributed by atoms with van der Waals surface area (Å²) in [6.45, 7) is 0.432. The number of carbonyl (C=O) groups is 1. The van der Waals surface area contributed by atoms with E-state index in [1.807, 2.05) is 54.6 Å². The van der Waals surface area contributed by atoms with E-state index in [1.54, 1.807) is 29.4 Å². The first kappa shape index (κ1) is 20.7. The van der Waals surface area contributed by atoms with Gasteiger partial charge in [-0.25, -0.2) is 8.42 Å². The van der Waals surface area contributed by atoms with Crippen LogP contribution < -0.4 is 9.64 Å². The standard InChI is InChI=1S/C24H23N3O4S/c28-24-22-13-20(16-27(22)32(29,30)17-18-7-2-1-3-8-18)31-23-11-5-4-10-21(23)26(24)15-19-9-6-12-25-14-19/h1-12,14,20,22H,13,15-17H2. The molecule has 32 heavy (non-hydrogen) atoms. The van der Waals surface area contributed by atoms with Crippen LogP contribution in [0.25, 0.3) is 0 Å². The van der Waals surface area contributed by atoms with Gasteiger partial charge in [-0.05, 0) is 29.3 Å². The number of fused-ring (bicyclic) bond motifs is 3. The summed E-state index contributed by atoms with van der Waals surface area (Å²) >= 11 is 0. The van der Waals surface area contributed by atoms with E-state index < -0.39 is 16.1 Å². The van der Waals surface area contributed by atoms with Crippen molar-refractivity contribution in [2.75, 3.05) is 11.4 Å². The number of hydrogen-bond acceptors (Lipinski definition) is 5. The third-order valence-corrected chi connectivity index (χ3v) is 7.65. The normalized spacial score (nSPS) is 20.9. The van der Waals surface area contributed by atoms with Crippen molar-refractivity contribution < 1.29 is 17.9 Å².